The van der Waals surface area contributed by atoms with Gasteiger partial charge in [-0.2, -0.15) is 0 Å². The van der Waals surface area contributed by atoms with E-state index in [0.29, 0.717) is 5.95 Å². The van der Waals surface area contributed by atoms with Gasteiger partial charge in [0.2, 0.25) is 5.95 Å². The molecule has 1 aliphatic rings. The summed E-state index contributed by atoms with van der Waals surface area (Å²) in [4.78, 5) is 10.7. The average Bonchev–Trinajstić information content (AvgIpc) is 4.09. The first-order chi connectivity index (χ1) is 33.5. The first-order valence-electron chi connectivity index (χ1n) is 23.5. The maximum atomic E-state index is 5.43. The van der Waals surface area contributed by atoms with E-state index in [1.54, 1.807) is 0 Å². The molecule has 0 spiro atoms. The zero-order valence-corrected chi connectivity index (χ0v) is 37.4. The lowest BCUT2D eigenvalue weighted by Gasteiger charge is -2.21. The van der Waals surface area contributed by atoms with Crippen molar-refractivity contribution in [2.75, 3.05) is 0 Å². The van der Waals surface area contributed by atoms with Crippen LogP contribution < -0.4 is 0 Å². The van der Waals surface area contributed by atoms with Gasteiger partial charge in [0.05, 0.1) is 44.3 Å². The van der Waals surface area contributed by atoms with Gasteiger partial charge in [-0.05, 0) is 106 Å². The van der Waals surface area contributed by atoms with Gasteiger partial charge in [-0.3, -0.25) is 4.57 Å². The summed E-state index contributed by atoms with van der Waals surface area (Å²) in [6.45, 7) is 4.70. The summed E-state index contributed by atoms with van der Waals surface area (Å²) in [6, 6.07) is 77.6. The molecular formula is C63H41N5. The van der Waals surface area contributed by atoms with Crippen LogP contribution >= 0.6 is 0 Å². The number of nitrogens with zero attached hydrogens (tertiary/aromatic N) is 5. The first-order valence-corrected chi connectivity index (χ1v) is 23.5. The summed E-state index contributed by atoms with van der Waals surface area (Å²) in [5, 5.41) is 10.7. The van der Waals surface area contributed by atoms with Crippen LogP contribution in [0.4, 0.5) is 0 Å². The van der Waals surface area contributed by atoms with Crippen molar-refractivity contribution in [1.29, 1.82) is 0 Å². The summed E-state index contributed by atoms with van der Waals surface area (Å²) in [7, 11) is 0. The van der Waals surface area contributed by atoms with Crippen LogP contribution in [0, 0.1) is 0 Å². The third-order valence-electron chi connectivity index (χ3n) is 15.0. The van der Waals surface area contributed by atoms with Crippen LogP contribution in [0.25, 0.3) is 127 Å². The normalized spacial score (nSPS) is 13.3. The standard InChI is InChI=1S/C63H41N5/c1-63(2)50-22-10-5-17-43(50)48-36-41(29-31-51(48)63)66-54-25-13-8-20-46(54)59-57(66)33-34-58-60(59)47-21-9-14-26-55(47)67(58)42-30-32-56-49(37-42)44-18-7-12-24-53(44)68(56)62-64-52-23-11-6-19-45(52)61(65-62)40-28-27-38-15-3-4-16-39(38)35-40/h3-37H,1-2H3. The number of para-hydroxylation sites is 4. The predicted octanol–water partition coefficient (Wildman–Crippen LogP) is 16.0. The van der Waals surface area contributed by atoms with E-state index in [9.17, 15) is 0 Å². The second-order valence-electron chi connectivity index (χ2n) is 19.0. The maximum absolute atomic E-state index is 5.43. The molecule has 0 bridgehead atoms. The molecular weight excluding hydrogens is 827 g/mol. The summed E-state index contributed by atoms with van der Waals surface area (Å²) in [5.74, 6) is 0.651. The molecule has 0 aliphatic heterocycles. The van der Waals surface area contributed by atoms with Gasteiger partial charge in [0.1, 0.15) is 0 Å². The predicted molar refractivity (Wildman–Crippen MR) is 283 cm³/mol. The van der Waals surface area contributed by atoms with Crippen LogP contribution in [0.15, 0.2) is 212 Å². The van der Waals surface area contributed by atoms with Gasteiger partial charge < -0.3 is 9.13 Å². The first kappa shape index (κ1) is 37.4. The van der Waals surface area contributed by atoms with E-state index < -0.39 is 0 Å². The molecule has 15 rings (SSSR count). The largest absolute Gasteiger partial charge is 0.309 e. The van der Waals surface area contributed by atoms with Crippen LogP contribution in [0.1, 0.15) is 25.0 Å². The van der Waals surface area contributed by atoms with Crippen LogP contribution in [-0.2, 0) is 5.41 Å². The van der Waals surface area contributed by atoms with Gasteiger partial charge in [0.15, 0.2) is 0 Å². The molecule has 0 saturated heterocycles. The molecule has 0 atom stereocenters. The molecule has 318 valence electrons. The summed E-state index contributed by atoms with van der Waals surface area (Å²) in [6.07, 6.45) is 0. The molecule has 4 heterocycles. The lowest BCUT2D eigenvalue weighted by Crippen LogP contribution is -2.14. The number of rotatable bonds is 4. The van der Waals surface area contributed by atoms with Gasteiger partial charge >= 0.3 is 0 Å². The van der Waals surface area contributed by atoms with Crippen LogP contribution in [0.2, 0.25) is 0 Å². The third kappa shape index (κ3) is 5.05. The minimum absolute atomic E-state index is 0.0522. The van der Waals surface area contributed by atoms with Crippen molar-refractivity contribution >= 4 is 87.1 Å². The molecule has 0 amide bonds. The Labute approximate surface area is 391 Å². The second-order valence-corrected chi connectivity index (χ2v) is 19.0. The van der Waals surface area contributed by atoms with Gasteiger partial charge in [0.25, 0.3) is 0 Å². The number of hydrogen-bond donors (Lipinski definition) is 0. The molecule has 1 aliphatic carbocycles. The van der Waals surface area contributed by atoms with E-state index in [4.69, 9.17) is 9.97 Å². The van der Waals surface area contributed by atoms with Gasteiger partial charge in [-0.25, -0.2) is 9.97 Å². The molecule has 14 aromatic rings. The Bertz CT molecular complexity index is 4480. The van der Waals surface area contributed by atoms with Crippen molar-refractivity contribution < 1.29 is 0 Å². The van der Waals surface area contributed by atoms with E-state index in [1.165, 1.54) is 82.3 Å². The van der Waals surface area contributed by atoms with Crippen molar-refractivity contribution in [3.8, 4) is 39.7 Å². The van der Waals surface area contributed by atoms with E-state index in [2.05, 4.69) is 240 Å². The lowest BCUT2D eigenvalue weighted by molar-refractivity contribution is 0.660. The Kier molecular flexibility index (Phi) is 7.50. The molecule has 0 radical (unpaired) electrons. The number of aromatic nitrogens is 5. The van der Waals surface area contributed by atoms with Crippen LogP contribution in [0.3, 0.4) is 0 Å². The average molecular weight is 868 g/mol. The maximum Gasteiger partial charge on any atom is 0.235 e. The highest BCUT2D eigenvalue weighted by molar-refractivity contribution is 6.29. The smallest absolute Gasteiger partial charge is 0.235 e. The highest BCUT2D eigenvalue weighted by Gasteiger charge is 2.35. The minimum atomic E-state index is -0.0522. The zero-order valence-electron chi connectivity index (χ0n) is 37.4. The number of fused-ring (bicyclic) bond motifs is 15. The Balaban J connectivity index is 0.946. The van der Waals surface area contributed by atoms with Crippen molar-refractivity contribution in [2.24, 2.45) is 0 Å². The minimum Gasteiger partial charge on any atom is -0.309 e. The lowest BCUT2D eigenvalue weighted by atomic mass is 9.82. The number of hydrogen-bond acceptors (Lipinski definition) is 2. The van der Waals surface area contributed by atoms with E-state index in [0.717, 1.165) is 49.7 Å². The van der Waals surface area contributed by atoms with Crippen molar-refractivity contribution in [2.45, 2.75) is 19.3 Å². The van der Waals surface area contributed by atoms with Crippen molar-refractivity contribution in [3.05, 3.63) is 223 Å². The van der Waals surface area contributed by atoms with Crippen molar-refractivity contribution in [1.82, 2.24) is 23.7 Å². The Morgan fingerprint density at radius 1 is 0.353 bits per heavy atom. The molecule has 4 aromatic heterocycles. The van der Waals surface area contributed by atoms with E-state index in [-0.39, 0.29) is 5.41 Å². The fourth-order valence-corrected chi connectivity index (χ4v) is 12.0. The monoisotopic (exact) mass is 867 g/mol. The molecule has 10 aromatic carbocycles. The molecule has 5 heteroatoms. The molecule has 0 fully saturated rings. The Morgan fingerprint density at radius 3 is 1.65 bits per heavy atom. The number of benzene rings is 10. The fourth-order valence-electron chi connectivity index (χ4n) is 12.0. The molecule has 68 heavy (non-hydrogen) atoms. The van der Waals surface area contributed by atoms with Crippen molar-refractivity contribution in [3.63, 3.8) is 0 Å². The Morgan fingerprint density at radius 2 is 0.897 bits per heavy atom. The quantitative estimate of drug-likeness (QED) is 0.177. The van der Waals surface area contributed by atoms with E-state index >= 15 is 0 Å². The Hall–Kier alpha value is -8.80. The summed E-state index contributed by atoms with van der Waals surface area (Å²) < 4.78 is 7.18. The third-order valence-corrected chi connectivity index (χ3v) is 15.0. The molecule has 0 saturated carbocycles. The van der Waals surface area contributed by atoms with Gasteiger partial charge in [-0.1, -0.05) is 153 Å². The molecule has 0 unspecified atom stereocenters. The van der Waals surface area contributed by atoms with Crippen LogP contribution in [0.5, 0.6) is 0 Å². The SMILES string of the molecule is CC1(C)c2ccccc2-c2cc(-n3c4ccccc4c4c5c6ccccc6n(-c6ccc7c(c6)c6ccccc6n7-c6nc(-c7ccc8ccccc8c7)c7ccccc7n6)c5ccc43)ccc21. The summed E-state index contributed by atoms with van der Waals surface area (Å²) >= 11 is 0. The highest BCUT2D eigenvalue weighted by atomic mass is 15.2. The molecule has 0 N–H and O–H groups in total. The van der Waals surface area contributed by atoms with Gasteiger partial charge in [0, 0.05) is 60.1 Å². The second kappa shape index (κ2) is 13.6. The zero-order chi connectivity index (χ0) is 44.8. The van der Waals surface area contributed by atoms with Crippen LogP contribution in [-0.4, -0.2) is 23.7 Å². The fraction of sp³-hybridized carbons (Fsp3) is 0.0476. The van der Waals surface area contributed by atoms with Gasteiger partial charge in [-0.15, -0.1) is 0 Å². The highest BCUT2D eigenvalue weighted by Crippen LogP contribution is 2.50. The van der Waals surface area contributed by atoms with E-state index in [1.807, 2.05) is 0 Å². The molecule has 5 nitrogen and oxygen atoms in total. The summed E-state index contributed by atoms with van der Waals surface area (Å²) in [5.41, 5.74) is 17.4. The topological polar surface area (TPSA) is 40.6 Å².